The van der Waals surface area contributed by atoms with Crippen molar-refractivity contribution in [3.05, 3.63) is 0 Å². The lowest BCUT2D eigenvalue weighted by Gasteiger charge is -2.33. The van der Waals surface area contributed by atoms with E-state index in [1.54, 1.807) is 0 Å². The van der Waals surface area contributed by atoms with Crippen molar-refractivity contribution >= 4 is 0 Å². The van der Waals surface area contributed by atoms with Gasteiger partial charge in [-0.05, 0) is 12.8 Å². The molecule has 0 aliphatic heterocycles. The highest BCUT2D eigenvalue weighted by Gasteiger charge is 2.46. The van der Waals surface area contributed by atoms with Crippen LogP contribution in [0.15, 0.2) is 0 Å². The summed E-state index contributed by atoms with van der Waals surface area (Å²) in [5.41, 5.74) is 0. The van der Waals surface area contributed by atoms with Gasteiger partial charge < -0.3 is 9.84 Å². The highest BCUT2D eigenvalue weighted by Crippen LogP contribution is 2.35. The van der Waals surface area contributed by atoms with Crippen molar-refractivity contribution in [2.45, 2.75) is 37.4 Å². The van der Waals surface area contributed by atoms with Crippen molar-refractivity contribution in [3.63, 3.8) is 0 Å². The number of aliphatic hydroxyl groups excluding tert-OH is 1. The minimum atomic E-state index is -2.85. The normalized spacial score (nSPS) is 37.1. The molecule has 0 aromatic heterocycles. The fourth-order valence-corrected chi connectivity index (χ4v) is 1.45. The SMILES string of the molecule is CO[C@H]1[C@@H](O)CCCC1(F)F. The van der Waals surface area contributed by atoms with Crippen molar-refractivity contribution < 1.29 is 18.6 Å². The number of aliphatic hydroxyl groups is 1. The molecule has 1 rings (SSSR count). The maximum absolute atomic E-state index is 12.8. The number of ether oxygens (including phenoxy) is 1. The van der Waals surface area contributed by atoms with E-state index in [0.717, 1.165) is 0 Å². The van der Waals surface area contributed by atoms with E-state index in [1.807, 2.05) is 0 Å². The van der Waals surface area contributed by atoms with Crippen molar-refractivity contribution in [1.82, 2.24) is 0 Å². The van der Waals surface area contributed by atoms with Gasteiger partial charge in [-0.15, -0.1) is 0 Å². The summed E-state index contributed by atoms with van der Waals surface area (Å²) in [7, 11) is 1.20. The zero-order valence-electron chi connectivity index (χ0n) is 6.39. The monoisotopic (exact) mass is 166 g/mol. The average Bonchev–Trinajstić information content (AvgIpc) is 1.86. The Kier molecular flexibility index (Phi) is 2.44. The molecule has 1 aliphatic rings. The van der Waals surface area contributed by atoms with Crippen LogP contribution in [0.3, 0.4) is 0 Å². The van der Waals surface area contributed by atoms with Gasteiger partial charge in [0, 0.05) is 13.5 Å². The number of halogens is 2. The summed E-state index contributed by atoms with van der Waals surface area (Å²) in [6.45, 7) is 0. The van der Waals surface area contributed by atoms with Crippen LogP contribution in [-0.2, 0) is 4.74 Å². The van der Waals surface area contributed by atoms with Gasteiger partial charge in [-0.2, -0.15) is 0 Å². The van der Waals surface area contributed by atoms with E-state index in [1.165, 1.54) is 7.11 Å². The van der Waals surface area contributed by atoms with Crippen LogP contribution in [0.2, 0.25) is 0 Å². The first-order valence-corrected chi connectivity index (χ1v) is 3.66. The van der Waals surface area contributed by atoms with E-state index in [-0.39, 0.29) is 6.42 Å². The second-order valence-corrected chi connectivity index (χ2v) is 2.88. The molecule has 0 spiro atoms. The molecule has 4 heteroatoms. The second-order valence-electron chi connectivity index (χ2n) is 2.88. The van der Waals surface area contributed by atoms with Gasteiger partial charge in [0.2, 0.25) is 0 Å². The number of methoxy groups -OCH3 is 1. The number of alkyl halides is 2. The Balaban J connectivity index is 2.64. The van der Waals surface area contributed by atoms with Crippen molar-refractivity contribution in [3.8, 4) is 0 Å². The molecule has 1 fully saturated rings. The first-order chi connectivity index (χ1) is 5.08. The topological polar surface area (TPSA) is 29.5 Å². The van der Waals surface area contributed by atoms with Crippen LogP contribution in [0.1, 0.15) is 19.3 Å². The molecule has 0 aromatic rings. The number of rotatable bonds is 1. The number of hydrogen-bond acceptors (Lipinski definition) is 2. The quantitative estimate of drug-likeness (QED) is 0.633. The van der Waals surface area contributed by atoms with Gasteiger partial charge in [-0.1, -0.05) is 0 Å². The molecule has 1 N–H and O–H groups in total. The van der Waals surface area contributed by atoms with E-state index >= 15 is 0 Å². The summed E-state index contributed by atoms with van der Waals surface area (Å²) in [4.78, 5) is 0. The molecule has 2 nitrogen and oxygen atoms in total. The van der Waals surface area contributed by atoms with E-state index in [2.05, 4.69) is 4.74 Å². The summed E-state index contributed by atoms with van der Waals surface area (Å²) in [5.74, 6) is -2.85. The highest BCUT2D eigenvalue weighted by atomic mass is 19.3. The predicted molar refractivity (Wildman–Crippen MR) is 35.6 cm³/mol. The zero-order valence-corrected chi connectivity index (χ0v) is 6.39. The number of hydrogen-bond donors (Lipinski definition) is 1. The summed E-state index contributed by atoms with van der Waals surface area (Å²) in [5, 5.41) is 9.10. The Bertz CT molecular complexity index is 138. The molecule has 1 aliphatic carbocycles. The molecule has 1 saturated carbocycles. The van der Waals surface area contributed by atoms with Gasteiger partial charge in [0.05, 0.1) is 6.10 Å². The van der Waals surface area contributed by atoms with E-state index in [4.69, 9.17) is 5.11 Å². The van der Waals surface area contributed by atoms with Crippen LogP contribution in [-0.4, -0.2) is 30.3 Å². The molecule has 0 saturated heterocycles. The second kappa shape index (κ2) is 3.03. The molecular formula is C7H12F2O2. The first-order valence-electron chi connectivity index (χ1n) is 3.66. The zero-order chi connectivity index (χ0) is 8.48. The maximum atomic E-state index is 12.8. The molecule has 0 radical (unpaired) electrons. The Morgan fingerprint density at radius 1 is 1.55 bits per heavy atom. The fourth-order valence-electron chi connectivity index (χ4n) is 1.45. The molecule has 0 aromatic carbocycles. The Hall–Kier alpha value is -0.220. The Labute approximate surface area is 64.2 Å². The Morgan fingerprint density at radius 2 is 2.18 bits per heavy atom. The van der Waals surface area contributed by atoms with Gasteiger partial charge in [0.25, 0.3) is 5.92 Å². The molecular weight excluding hydrogens is 154 g/mol. The third kappa shape index (κ3) is 1.68. The lowest BCUT2D eigenvalue weighted by Crippen LogP contribution is -2.47. The third-order valence-corrected chi connectivity index (χ3v) is 2.03. The van der Waals surface area contributed by atoms with Gasteiger partial charge in [-0.25, -0.2) is 8.78 Å². The molecule has 66 valence electrons. The van der Waals surface area contributed by atoms with Crippen LogP contribution in [0, 0.1) is 0 Å². The van der Waals surface area contributed by atoms with Crippen LogP contribution >= 0.6 is 0 Å². The van der Waals surface area contributed by atoms with Gasteiger partial charge in [0.15, 0.2) is 0 Å². The van der Waals surface area contributed by atoms with Crippen LogP contribution in [0.5, 0.6) is 0 Å². The largest absolute Gasteiger partial charge is 0.390 e. The van der Waals surface area contributed by atoms with Crippen molar-refractivity contribution in [2.24, 2.45) is 0 Å². The van der Waals surface area contributed by atoms with Crippen LogP contribution < -0.4 is 0 Å². The van der Waals surface area contributed by atoms with Crippen molar-refractivity contribution in [2.75, 3.05) is 7.11 Å². The standard InChI is InChI=1S/C7H12F2O2/c1-11-6-5(10)3-2-4-7(6,8)9/h5-6,10H,2-4H2,1H3/t5-,6-/m0/s1. The van der Waals surface area contributed by atoms with Gasteiger partial charge >= 0.3 is 0 Å². The van der Waals surface area contributed by atoms with E-state index in [0.29, 0.717) is 12.8 Å². The summed E-state index contributed by atoms with van der Waals surface area (Å²) in [6, 6.07) is 0. The van der Waals surface area contributed by atoms with Gasteiger partial charge in [-0.3, -0.25) is 0 Å². The first kappa shape index (κ1) is 8.87. The minimum absolute atomic E-state index is 0.178. The summed E-state index contributed by atoms with van der Waals surface area (Å²) >= 11 is 0. The predicted octanol–water partition coefficient (Wildman–Crippen LogP) is 1.18. The molecule has 0 bridgehead atoms. The maximum Gasteiger partial charge on any atom is 0.276 e. The lowest BCUT2D eigenvalue weighted by atomic mass is 9.91. The fraction of sp³-hybridized carbons (Fsp3) is 1.00. The molecule has 0 heterocycles. The molecule has 2 atom stereocenters. The van der Waals surface area contributed by atoms with Crippen LogP contribution in [0.4, 0.5) is 8.78 Å². The smallest absolute Gasteiger partial charge is 0.276 e. The molecule has 0 amide bonds. The third-order valence-electron chi connectivity index (χ3n) is 2.03. The van der Waals surface area contributed by atoms with E-state index < -0.39 is 18.1 Å². The minimum Gasteiger partial charge on any atom is -0.390 e. The summed E-state index contributed by atoms with van der Waals surface area (Å²) in [6.07, 6.45) is -1.72. The highest BCUT2D eigenvalue weighted by molar-refractivity contribution is 4.88. The van der Waals surface area contributed by atoms with Gasteiger partial charge in [0.1, 0.15) is 6.10 Å². The average molecular weight is 166 g/mol. The van der Waals surface area contributed by atoms with Crippen LogP contribution in [0.25, 0.3) is 0 Å². The Morgan fingerprint density at radius 3 is 2.55 bits per heavy atom. The lowest BCUT2D eigenvalue weighted by molar-refractivity contribution is -0.187. The van der Waals surface area contributed by atoms with E-state index in [9.17, 15) is 8.78 Å². The molecule has 0 unspecified atom stereocenters. The summed E-state index contributed by atoms with van der Waals surface area (Å²) < 4.78 is 30.2. The molecule has 11 heavy (non-hydrogen) atoms. The van der Waals surface area contributed by atoms with Crippen molar-refractivity contribution in [1.29, 1.82) is 0 Å².